The minimum Gasteiger partial charge on any atom is -0.468 e. The van der Waals surface area contributed by atoms with Gasteiger partial charge in [-0.2, -0.15) is 0 Å². The lowest BCUT2D eigenvalue weighted by Gasteiger charge is -2.09. The van der Waals surface area contributed by atoms with Gasteiger partial charge in [0.2, 0.25) is 0 Å². The first kappa shape index (κ1) is 12.3. The Morgan fingerprint density at radius 2 is 2.17 bits per heavy atom. The monoisotopic (exact) mass is 245 g/mol. The summed E-state index contributed by atoms with van der Waals surface area (Å²) in [6.45, 7) is 0. The van der Waals surface area contributed by atoms with E-state index in [0.29, 0.717) is 6.42 Å². The van der Waals surface area contributed by atoms with Gasteiger partial charge in [0.15, 0.2) is 0 Å². The fourth-order valence-corrected chi connectivity index (χ4v) is 1.70. The molecule has 1 atom stereocenters. The number of hydrogen-bond acceptors (Lipinski definition) is 4. The molecule has 5 heteroatoms. The van der Waals surface area contributed by atoms with E-state index >= 15 is 0 Å². The number of benzene rings is 1. The molecule has 0 amide bonds. The molecule has 0 aliphatic rings. The predicted octanol–water partition coefficient (Wildman–Crippen LogP) is 0.915. The summed E-state index contributed by atoms with van der Waals surface area (Å²) in [5.74, 6) is -0.395. The Labute approximate surface area is 105 Å². The molecule has 0 saturated carbocycles. The van der Waals surface area contributed by atoms with Crippen molar-refractivity contribution in [2.75, 3.05) is 7.11 Å². The molecule has 1 aromatic carbocycles. The maximum atomic E-state index is 11.2. The number of rotatable bonds is 4. The van der Waals surface area contributed by atoms with Gasteiger partial charge >= 0.3 is 5.97 Å². The standard InChI is InChI=1S/C13H15N3O2/c1-18-13(17)12(14)8-10-2-4-11(5-3-10)16-7-6-15-9-16/h2-7,9,12H,8,14H2,1H3. The molecular formula is C13H15N3O2. The first-order valence-electron chi connectivity index (χ1n) is 5.61. The molecule has 5 nitrogen and oxygen atoms in total. The van der Waals surface area contributed by atoms with E-state index < -0.39 is 12.0 Å². The zero-order valence-corrected chi connectivity index (χ0v) is 10.1. The van der Waals surface area contributed by atoms with Crippen molar-refractivity contribution in [3.63, 3.8) is 0 Å². The molecule has 1 heterocycles. The molecule has 1 unspecified atom stereocenters. The van der Waals surface area contributed by atoms with Gasteiger partial charge in [-0.3, -0.25) is 4.79 Å². The molecule has 0 radical (unpaired) electrons. The van der Waals surface area contributed by atoms with E-state index in [1.165, 1.54) is 7.11 Å². The predicted molar refractivity (Wildman–Crippen MR) is 67.3 cm³/mol. The Balaban J connectivity index is 2.06. The second-order valence-electron chi connectivity index (χ2n) is 3.97. The Morgan fingerprint density at radius 1 is 1.44 bits per heavy atom. The molecule has 0 bridgehead atoms. The SMILES string of the molecule is COC(=O)C(N)Cc1ccc(-n2ccnc2)cc1. The fourth-order valence-electron chi connectivity index (χ4n) is 1.70. The van der Waals surface area contributed by atoms with Crippen LogP contribution in [0, 0.1) is 0 Å². The number of ether oxygens (including phenoxy) is 1. The van der Waals surface area contributed by atoms with Crippen molar-refractivity contribution < 1.29 is 9.53 Å². The van der Waals surface area contributed by atoms with Crippen LogP contribution in [0.2, 0.25) is 0 Å². The second kappa shape index (κ2) is 5.46. The average molecular weight is 245 g/mol. The molecule has 0 fully saturated rings. The van der Waals surface area contributed by atoms with Crippen LogP contribution in [0.4, 0.5) is 0 Å². The third-order valence-electron chi connectivity index (χ3n) is 2.70. The van der Waals surface area contributed by atoms with Crippen molar-refractivity contribution in [3.05, 3.63) is 48.5 Å². The van der Waals surface area contributed by atoms with Crippen molar-refractivity contribution >= 4 is 5.97 Å². The fraction of sp³-hybridized carbons (Fsp3) is 0.231. The Morgan fingerprint density at radius 3 is 2.72 bits per heavy atom. The van der Waals surface area contributed by atoms with Crippen LogP contribution in [0.3, 0.4) is 0 Å². The van der Waals surface area contributed by atoms with Crippen LogP contribution in [0.25, 0.3) is 5.69 Å². The van der Waals surface area contributed by atoms with Gasteiger partial charge in [-0.15, -0.1) is 0 Å². The molecule has 2 rings (SSSR count). The largest absolute Gasteiger partial charge is 0.468 e. The lowest BCUT2D eigenvalue weighted by atomic mass is 10.1. The van der Waals surface area contributed by atoms with Crippen LogP contribution in [0.1, 0.15) is 5.56 Å². The summed E-state index contributed by atoms with van der Waals surface area (Å²) in [5, 5.41) is 0. The van der Waals surface area contributed by atoms with Gasteiger partial charge in [0.25, 0.3) is 0 Å². The van der Waals surface area contributed by atoms with Crippen molar-refractivity contribution in [1.29, 1.82) is 0 Å². The minimum atomic E-state index is -0.617. The second-order valence-corrected chi connectivity index (χ2v) is 3.97. The maximum Gasteiger partial charge on any atom is 0.322 e. The highest BCUT2D eigenvalue weighted by molar-refractivity contribution is 5.75. The van der Waals surface area contributed by atoms with Crippen LogP contribution in [-0.4, -0.2) is 28.7 Å². The number of carbonyl (C=O) groups is 1. The summed E-state index contributed by atoms with van der Waals surface area (Å²) in [6.07, 6.45) is 5.79. The molecule has 2 N–H and O–H groups in total. The highest BCUT2D eigenvalue weighted by Gasteiger charge is 2.13. The third-order valence-corrected chi connectivity index (χ3v) is 2.70. The van der Waals surface area contributed by atoms with Crippen molar-refractivity contribution in [3.8, 4) is 5.69 Å². The van der Waals surface area contributed by atoms with Gasteiger partial charge in [-0.1, -0.05) is 12.1 Å². The smallest absolute Gasteiger partial charge is 0.322 e. The Kier molecular flexibility index (Phi) is 3.74. The van der Waals surface area contributed by atoms with Crippen LogP contribution in [0.5, 0.6) is 0 Å². The van der Waals surface area contributed by atoms with Gasteiger partial charge in [0.05, 0.1) is 13.4 Å². The number of nitrogens with two attached hydrogens (primary N) is 1. The first-order chi connectivity index (χ1) is 8.70. The van der Waals surface area contributed by atoms with E-state index in [1.54, 1.807) is 12.5 Å². The van der Waals surface area contributed by atoms with Crippen LogP contribution >= 0.6 is 0 Å². The summed E-state index contributed by atoms with van der Waals surface area (Å²) in [4.78, 5) is 15.2. The molecule has 0 aliphatic heterocycles. The lowest BCUT2D eigenvalue weighted by Crippen LogP contribution is -2.33. The summed E-state index contributed by atoms with van der Waals surface area (Å²) < 4.78 is 6.50. The van der Waals surface area contributed by atoms with E-state index in [-0.39, 0.29) is 0 Å². The molecule has 1 aromatic heterocycles. The summed E-state index contributed by atoms with van der Waals surface area (Å²) in [6, 6.07) is 7.19. The van der Waals surface area contributed by atoms with E-state index in [4.69, 9.17) is 5.73 Å². The maximum absolute atomic E-state index is 11.2. The molecule has 94 valence electrons. The van der Waals surface area contributed by atoms with Crippen LogP contribution < -0.4 is 5.73 Å². The first-order valence-corrected chi connectivity index (χ1v) is 5.61. The third kappa shape index (κ3) is 2.75. The molecule has 0 saturated heterocycles. The lowest BCUT2D eigenvalue weighted by molar-refractivity contribution is -0.142. The van der Waals surface area contributed by atoms with Crippen LogP contribution in [0.15, 0.2) is 43.0 Å². The Bertz CT molecular complexity index is 506. The van der Waals surface area contributed by atoms with Crippen molar-refractivity contribution in [2.45, 2.75) is 12.5 Å². The zero-order valence-electron chi connectivity index (χ0n) is 10.1. The number of hydrogen-bond donors (Lipinski definition) is 1. The number of aromatic nitrogens is 2. The van der Waals surface area contributed by atoms with Gasteiger partial charge in [0, 0.05) is 18.1 Å². The van der Waals surface area contributed by atoms with E-state index in [9.17, 15) is 4.79 Å². The molecule has 0 aliphatic carbocycles. The van der Waals surface area contributed by atoms with Gasteiger partial charge < -0.3 is 15.0 Å². The van der Waals surface area contributed by atoms with Gasteiger partial charge in [-0.25, -0.2) is 4.98 Å². The topological polar surface area (TPSA) is 70.1 Å². The normalized spacial score (nSPS) is 12.1. The van der Waals surface area contributed by atoms with E-state index in [0.717, 1.165) is 11.3 Å². The highest BCUT2D eigenvalue weighted by Crippen LogP contribution is 2.10. The number of methoxy groups -OCH3 is 1. The number of carbonyl (C=O) groups excluding carboxylic acids is 1. The summed E-state index contributed by atoms with van der Waals surface area (Å²) in [7, 11) is 1.34. The summed E-state index contributed by atoms with van der Waals surface area (Å²) in [5.41, 5.74) is 7.72. The summed E-state index contributed by atoms with van der Waals surface area (Å²) >= 11 is 0. The Hall–Kier alpha value is -2.14. The van der Waals surface area contributed by atoms with Gasteiger partial charge in [-0.05, 0) is 24.1 Å². The van der Waals surface area contributed by atoms with Gasteiger partial charge in [0.1, 0.15) is 6.04 Å². The minimum absolute atomic E-state index is 0.395. The van der Waals surface area contributed by atoms with Crippen molar-refractivity contribution in [1.82, 2.24) is 9.55 Å². The molecular weight excluding hydrogens is 230 g/mol. The highest BCUT2D eigenvalue weighted by atomic mass is 16.5. The molecule has 0 spiro atoms. The molecule has 2 aromatic rings. The van der Waals surface area contributed by atoms with Crippen LogP contribution in [-0.2, 0) is 16.0 Å². The quantitative estimate of drug-likeness (QED) is 0.813. The number of imidazole rings is 1. The van der Waals surface area contributed by atoms with E-state index in [1.807, 2.05) is 35.0 Å². The molecule has 18 heavy (non-hydrogen) atoms. The number of esters is 1. The van der Waals surface area contributed by atoms with Crippen molar-refractivity contribution in [2.24, 2.45) is 5.73 Å². The number of nitrogens with zero attached hydrogens (tertiary/aromatic N) is 2. The van der Waals surface area contributed by atoms with E-state index in [2.05, 4.69) is 9.72 Å². The zero-order chi connectivity index (χ0) is 13.0. The average Bonchev–Trinajstić information content (AvgIpc) is 2.92.